The van der Waals surface area contributed by atoms with Gasteiger partial charge in [-0.25, -0.2) is 9.18 Å². The van der Waals surface area contributed by atoms with Crippen LogP contribution in [0.3, 0.4) is 0 Å². The van der Waals surface area contributed by atoms with Crippen LogP contribution in [-0.2, 0) is 4.79 Å². The summed E-state index contributed by atoms with van der Waals surface area (Å²) in [5.74, 6) is -2.42. The summed E-state index contributed by atoms with van der Waals surface area (Å²) in [7, 11) is 0. The third-order valence-corrected chi connectivity index (χ3v) is 4.19. The number of halogens is 1. The van der Waals surface area contributed by atoms with Crippen LogP contribution in [0.1, 0.15) is 49.4 Å². The maximum atomic E-state index is 13.6. The molecule has 4 nitrogen and oxygen atoms in total. The number of amides is 1. The van der Waals surface area contributed by atoms with Crippen molar-refractivity contribution in [3.63, 3.8) is 0 Å². The zero-order chi connectivity index (χ0) is 14.8. The van der Waals surface area contributed by atoms with E-state index in [9.17, 15) is 14.0 Å². The van der Waals surface area contributed by atoms with Crippen LogP contribution in [0, 0.1) is 11.2 Å². The molecule has 0 heterocycles. The lowest BCUT2D eigenvalue weighted by Gasteiger charge is -2.26. The van der Waals surface area contributed by atoms with E-state index in [-0.39, 0.29) is 11.6 Å². The minimum atomic E-state index is -1.38. The fraction of sp³-hybridized carbons (Fsp3) is 0.467. The fourth-order valence-electron chi connectivity index (χ4n) is 2.89. The van der Waals surface area contributed by atoms with Crippen LogP contribution in [-0.4, -0.2) is 17.0 Å². The van der Waals surface area contributed by atoms with Gasteiger partial charge in [0, 0.05) is 5.41 Å². The van der Waals surface area contributed by atoms with Crippen molar-refractivity contribution in [2.75, 3.05) is 5.32 Å². The number of aromatic carboxylic acids is 1. The molecule has 0 spiro atoms. The molecule has 1 aromatic carbocycles. The molecule has 1 aromatic rings. The predicted octanol–water partition coefficient (Wildman–Crippen LogP) is 3.43. The van der Waals surface area contributed by atoms with Gasteiger partial charge in [-0.05, 0) is 31.4 Å². The van der Waals surface area contributed by atoms with Gasteiger partial charge in [-0.3, -0.25) is 4.79 Å². The highest BCUT2D eigenvalue weighted by Crippen LogP contribution is 2.42. The van der Waals surface area contributed by atoms with Gasteiger partial charge in [-0.2, -0.15) is 0 Å². The van der Waals surface area contributed by atoms with Crippen LogP contribution < -0.4 is 5.32 Å². The Morgan fingerprint density at radius 1 is 1.35 bits per heavy atom. The Kier molecular flexibility index (Phi) is 4.06. The lowest BCUT2D eigenvalue weighted by molar-refractivity contribution is -0.125. The highest BCUT2D eigenvalue weighted by Gasteiger charge is 2.39. The number of anilines is 1. The van der Waals surface area contributed by atoms with E-state index in [1.165, 1.54) is 12.1 Å². The van der Waals surface area contributed by atoms with Crippen molar-refractivity contribution in [1.29, 1.82) is 0 Å². The Bertz CT molecular complexity index is 536. The average Bonchev–Trinajstić information content (AvgIpc) is 2.88. The van der Waals surface area contributed by atoms with Crippen molar-refractivity contribution in [3.05, 3.63) is 29.6 Å². The van der Waals surface area contributed by atoms with Gasteiger partial charge >= 0.3 is 5.97 Å². The highest BCUT2D eigenvalue weighted by molar-refractivity contribution is 6.02. The summed E-state index contributed by atoms with van der Waals surface area (Å²) in [6.45, 7) is 1.95. The van der Waals surface area contributed by atoms with Gasteiger partial charge in [-0.1, -0.05) is 25.8 Å². The van der Waals surface area contributed by atoms with E-state index in [4.69, 9.17) is 5.11 Å². The van der Waals surface area contributed by atoms with Crippen molar-refractivity contribution < 1.29 is 19.1 Å². The first-order valence-electron chi connectivity index (χ1n) is 6.83. The molecule has 1 aliphatic carbocycles. The smallest absolute Gasteiger partial charge is 0.340 e. The Balaban J connectivity index is 2.28. The first kappa shape index (κ1) is 14.5. The molecule has 1 saturated carbocycles. The van der Waals surface area contributed by atoms with E-state index in [1.54, 1.807) is 0 Å². The molecule has 20 heavy (non-hydrogen) atoms. The van der Waals surface area contributed by atoms with E-state index in [0.29, 0.717) is 6.42 Å². The van der Waals surface area contributed by atoms with E-state index >= 15 is 0 Å². The molecule has 108 valence electrons. The fourth-order valence-corrected chi connectivity index (χ4v) is 2.89. The number of rotatable bonds is 4. The Morgan fingerprint density at radius 3 is 2.55 bits per heavy atom. The summed E-state index contributed by atoms with van der Waals surface area (Å²) >= 11 is 0. The van der Waals surface area contributed by atoms with Gasteiger partial charge in [-0.15, -0.1) is 0 Å². The maximum absolute atomic E-state index is 13.6. The molecule has 0 unspecified atom stereocenters. The predicted molar refractivity (Wildman–Crippen MR) is 73.2 cm³/mol. The van der Waals surface area contributed by atoms with Crippen LogP contribution in [0.25, 0.3) is 0 Å². The number of carbonyl (C=O) groups excluding carboxylic acids is 1. The molecule has 0 saturated heterocycles. The lowest BCUT2D eigenvalue weighted by Crippen LogP contribution is -2.33. The van der Waals surface area contributed by atoms with Crippen LogP contribution in [0.2, 0.25) is 0 Å². The molecular weight excluding hydrogens is 261 g/mol. The van der Waals surface area contributed by atoms with E-state index < -0.39 is 22.8 Å². The number of hydrogen-bond donors (Lipinski definition) is 2. The largest absolute Gasteiger partial charge is 0.478 e. The first-order valence-corrected chi connectivity index (χ1v) is 6.83. The van der Waals surface area contributed by atoms with Gasteiger partial charge in [0.05, 0.1) is 5.69 Å². The second kappa shape index (κ2) is 5.61. The molecule has 0 aliphatic heterocycles. The summed E-state index contributed by atoms with van der Waals surface area (Å²) in [6, 6.07) is 3.89. The van der Waals surface area contributed by atoms with Crippen molar-refractivity contribution >= 4 is 17.6 Å². The van der Waals surface area contributed by atoms with Gasteiger partial charge in [0.1, 0.15) is 11.4 Å². The molecule has 1 aliphatic rings. The van der Waals surface area contributed by atoms with E-state index in [0.717, 1.165) is 31.7 Å². The second-order valence-electron chi connectivity index (χ2n) is 5.26. The number of nitrogens with one attached hydrogen (secondary N) is 1. The van der Waals surface area contributed by atoms with Gasteiger partial charge < -0.3 is 10.4 Å². The number of carbonyl (C=O) groups is 2. The maximum Gasteiger partial charge on any atom is 0.340 e. The quantitative estimate of drug-likeness (QED) is 0.887. The molecule has 1 amide bonds. The molecule has 0 radical (unpaired) electrons. The van der Waals surface area contributed by atoms with Crippen molar-refractivity contribution in [1.82, 2.24) is 0 Å². The molecule has 2 rings (SSSR count). The monoisotopic (exact) mass is 279 g/mol. The van der Waals surface area contributed by atoms with Crippen LogP contribution in [0.4, 0.5) is 10.1 Å². The standard InChI is InChI=1S/C15H18FNO3/c1-2-15(8-3-4-9-15)14(20)17-11-7-5-6-10(16)12(11)13(18)19/h5-7H,2-4,8-9H2,1H3,(H,17,20)(H,18,19). The molecule has 0 atom stereocenters. The van der Waals surface area contributed by atoms with Crippen molar-refractivity contribution in [2.24, 2.45) is 5.41 Å². The van der Waals surface area contributed by atoms with E-state index in [2.05, 4.69) is 5.32 Å². The highest BCUT2D eigenvalue weighted by atomic mass is 19.1. The van der Waals surface area contributed by atoms with Gasteiger partial charge in [0.2, 0.25) is 5.91 Å². The molecule has 1 fully saturated rings. The lowest BCUT2D eigenvalue weighted by atomic mass is 9.82. The summed E-state index contributed by atoms with van der Waals surface area (Å²) in [5.41, 5.74) is -0.894. The zero-order valence-corrected chi connectivity index (χ0v) is 11.4. The van der Waals surface area contributed by atoms with Gasteiger partial charge in [0.25, 0.3) is 0 Å². The summed E-state index contributed by atoms with van der Waals surface area (Å²) < 4.78 is 13.6. The topological polar surface area (TPSA) is 66.4 Å². The Labute approximate surface area is 117 Å². The number of hydrogen-bond acceptors (Lipinski definition) is 2. The minimum Gasteiger partial charge on any atom is -0.478 e. The molecule has 0 bridgehead atoms. The third kappa shape index (κ3) is 2.53. The molecule has 0 aromatic heterocycles. The molecule has 5 heteroatoms. The summed E-state index contributed by atoms with van der Waals surface area (Å²) in [4.78, 5) is 23.5. The number of carboxylic acids is 1. The van der Waals surface area contributed by atoms with Crippen molar-refractivity contribution in [2.45, 2.75) is 39.0 Å². The summed E-state index contributed by atoms with van der Waals surface area (Å²) in [5, 5.41) is 11.7. The van der Waals surface area contributed by atoms with Crippen LogP contribution in [0.5, 0.6) is 0 Å². The second-order valence-corrected chi connectivity index (χ2v) is 5.26. The average molecular weight is 279 g/mol. The summed E-state index contributed by atoms with van der Waals surface area (Å²) in [6.07, 6.45) is 4.29. The number of carboxylic acid groups (broad SMARTS) is 1. The minimum absolute atomic E-state index is 0.0298. The Morgan fingerprint density at radius 2 is 2.00 bits per heavy atom. The number of benzene rings is 1. The molecular formula is C15H18FNO3. The van der Waals surface area contributed by atoms with Gasteiger partial charge in [0.15, 0.2) is 0 Å². The zero-order valence-electron chi connectivity index (χ0n) is 11.4. The Hall–Kier alpha value is -1.91. The van der Waals surface area contributed by atoms with Crippen molar-refractivity contribution in [3.8, 4) is 0 Å². The SMILES string of the molecule is CCC1(C(=O)Nc2cccc(F)c2C(=O)O)CCCC1. The van der Waals surface area contributed by atoms with E-state index in [1.807, 2.05) is 6.92 Å². The first-order chi connectivity index (χ1) is 9.50. The normalized spacial score (nSPS) is 16.9. The third-order valence-electron chi connectivity index (χ3n) is 4.19. The van der Waals surface area contributed by atoms with Crippen LogP contribution >= 0.6 is 0 Å². The van der Waals surface area contributed by atoms with Crippen LogP contribution in [0.15, 0.2) is 18.2 Å². The molecule has 2 N–H and O–H groups in total.